The average molecular weight is 377 g/mol. The minimum Gasteiger partial charge on any atom is -0.479 e. The Bertz CT molecular complexity index is 458. The molecule has 0 aliphatic heterocycles. The van der Waals surface area contributed by atoms with E-state index in [4.69, 9.17) is 5.11 Å². The van der Waals surface area contributed by atoms with Gasteiger partial charge < -0.3 is 10.2 Å². The van der Waals surface area contributed by atoms with Crippen LogP contribution in [0.3, 0.4) is 0 Å². The van der Waals surface area contributed by atoms with E-state index in [1.54, 1.807) is 0 Å². The van der Waals surface area contributed by atoms with Crippen LogP contribution in [0.1, 0.15) is 102 Å². The summed E-state index contributed by atoms with van der Waals surface area (Å²) in [5, 5.41) is 17.8. The van der Waals surface area contributed by atoms with Crippen LogP contribution in [0.5, 0.6) is 0 Å². The van der Waals surface area contributed by atoms with Gasteiger partial charge in [-0.3, -0.25) is 0 Å². The Balaban J connectivity index is 1.72. The molecule has 0 radical (unpaired) electrons. The van der Waals surface area contributed by atoms with Gasteiger partial charge in [-0.15, -0.1) is 0 Å². The first-order valence-corrected chi connectivity index (χ1v) is 11.1. The number of hydrogen-bond donors (Lipinski definition) is 2. The number of carbonyl (C=O) groups is 1. The number of aliphatic carboxylic acids is 1. The number of carboxylic acids is 1. The largest absolute Gasteiger partial charge is 0.479 e. The molecular formula is C24H40O3. The Hall–Kier alpha value is -1.35. The minimum absolute atomic E-state index is 0.390. The molecule has 1 unspecified atom stereocenters. The lowest BCUT2D eigenvalue weighted by Crippen LogP contribution is -2.18. The second-order valence-electron chi connectivity index (χ2n) is 7.83. The highest BCUT2D eigenvalue weighted by molar-refractivity contribution is 5.71. The number of aliphatic hydroxyl groups is 1. The molecule has 0 bridgehead atoms. The second-order valence-corrected chi connectivity index (χ2v) is 7.83. The van der Waals surface area contributed by atoms with Crippen molar-refractivity contribution < 1.29 is 15.0 Å². The highest BCUT2D eigenvalue weighted by Gasteiger charge is 2.11. The molecule has 27 heavy (non-hydrogen) atoms. The van der Waals surface area contributed by atoms with E-state index >= 15 is 0 Å². The summed E-state index contributed by atoms with van der Waals surface area (Å²) in [7, 11) is 0. The van der Waals surface area contributed by atoms with E-state index in [1.807, 2.05) is 0 Å². The predicted octanol–water partition coefficient (Wildman–Crippen LogP) is 6.53. The molecule has 1 aromatic carbocycles. The fraction of sp³-hybridized carbons (Fsp3) is 0.708. The van der Waals surface area contributed by atoms with Gasteiger partial charge in [0.2, 0.25) is 0 Å². The van der Waals surface area contributed by atoms with Crippen molar-refractivity contribution in [3.05, 3.63) is 35.9 Å². The quantitative estimate of drug-likeness (QED) is 0.286. The molecule has 0 amide bonds. The number of aryl methyl sites for hydroxylation is 1. The van der Waals surface area contributed by atoms with Crippen LogP contribution in [0.4, 0.5) is 0 Å². The molecule has 3 heteroatoms. The zero-order valence-corrected chi connectivity index (χ0v) is 17.1. The molecule has 0 fully saturated rings. The van der Waals surface area contributed by atoms with Gasteiger partial charge in [0.05, 0.1) is 0 Å². The van der Waals surface area contributed by atoms with Crippen LogP contribution in [0.15, 0.2) is 30.3 Å². The van der Waals surface area contributed by atoms with Crippen LogP contribution < -0.4 is 0 Å². The summed E-state index contributed by atoms with van der Waals surface area (Å²) in [5.41, 5.74) is 1.47. The third kappa shape index (κ3) is 14.4. The van der Waals surface area contributed by atoms with Crippen LogP contribution in [-0.2, 0) is 11.2 Å². The number of carboxylic acid groups (broad SMARTS) is 1. The van der Waals surface area contributed by atoms with Crippen molar-refractivity contribution in [2.45, 2.75) is 109 Å². The maximum Gasteiger partial charge on any atom is 0.332 e. The van der Waals surface area contributed by atoms with E-state index < -0.39 is 12.1 Å². The van der Waals surface area contributed by atoms with Gasteiger partial charge in [-0.1, -0.05) is 114 Å². The van der Waals surface area contributed by atoms with Gasteiger partial charge >= 0.3 is 5.97 Å². The summed E-state index contributed by atoms with van der Waals surface area (Å²) < 4.78 is 0. The van der Waals surface area contributed by atoms with Crippen LogP contribution >= 0.6 is 0 Å². The van der Waals surface area contributed by atoms with Gasteiger partial charge in [-0.05, 0) is 24.8 Å². The molecule has 1 aromatic rings. The van der Waals surface area contributed by atoms with Crippen molar-refractivity contribution in [3.63, 3.8) is 0 Å². The van der Waals surface area contributed by atoms with Crippen molar-refractivity contribution in [3.8, 4) is 0 Å². The minimum atomic E-state index is -1.17. The van der Waals surface area contributed by atoms with E-state index in [0.29, 0.717) is 6.42 Å². The second kappa shape index (κ2) is 16.8. The summed E-state index contributed by atoms with van der Waals surface area (Å²) in [5.74, 6) is -1.10. The summed E-state index contributed by atoms with van der Waals surface area (Å²) in [4.78, 5) is 10.5. The Morgan fingerprint density at radius 3 is 1.52 bits per heavy atom. The van der Waals surface area contributed by atoms with Crippen molar-refractivity contribution in [1.82, 2.24) is 0 Å². The van der Waals surface area contributed by atoms with Crippen LogP contribution in [0, 0.1) is 0 Å². The zero-order chi connectivity index (χ0) is 19.6. The van der Waals surface area contributed by atoms with Gasteiger partial charge in [0, 0.05) is 0 Å². The lowest BCUT2D eigenvalue weighted by molar-refractivity contribution is -0.146. The van der Waals surface area contributed by atoms with Gasteiger partial charge in [0.15, 0.2) is 6.10 Å². The fourth-order valence-electron chi connectivity index (χ4n) is 3.56. The van der Waals surface area contributed by atoms with Gasteiger partial charge in [-0.2, -0.15) is 0 Å². The monoisotopic (exact) mass is 376 g/mol. The van der Waals surface area contributed by atoms with E-state index in [1.165, 1.54) is 82.6 Å². The molecule has 0 heterocycles. The number of benzene rings is 1. The molecule has 0 aliphatic carbocycles. The fourth-order valence-corrected chi connectivity index (χ4v) is 3.56. The lowest BCUT2D eigenvalue weighted by atomic mass is 10.0. The van der Waals surface area contributed by atoms with E-state index in [2.05, 4.69) is 30.3 Å². The molecule has 1 rings (SSSR count). The van der Waals surface area contributed by atoms with E-state index in [-0.39, 0.29) is 0 Å². The Labute approximate surface area is 166 Å². The lowest BCUT2D eigenvalue weighted by Gasteiger charge is -2.05. The highest BCUT2D eigenvalue weighted by atomic mass is 16.4. The highest BCUT2D eigenvalue weighted by Crippen LogP contribution is 2.14. The summed E-state index contributed by atoms with van der Waals surface area (Å²) in [6, 6.07) is 10.8. The number of unbranched alkanes of at least 4 members (excludes halogenated alkanes) is 13. The first kappa shape index (κ1) is 23.7. The Morgan fingerprint density at radius 1 is 0.667 bits per heavy atom. The van der Waals surface area contributed by atoms with E-state index in [9.17, 15) is 9.90 Å². The van der Waals surface area contributed by atoms with Crippen molar-refractivity contribution in [1.29, 1.82) is 0 Å². The summed E-state index contributed by atoms with van der Waals surface area (Å²) in [6.07, 6.45) is 18.3. The first-order valence-electron chi connectivity index (χ1n) is 11.1. The SMILES string of the molecule is O=C(O)C(O)CCCCCCCCCCCCCCCCc1ccccc1. The normalized spacial score (nSPS) is 12.2. The summed E-state index contributed by atoms with van der Waals surface area (Å²) in [6.45, 7) is 0. The molecule has 3 nitrogen and oxygen atoms in total. The molecule has 0 spiro atoms. The average Bonchev–Trinajstić information content (AvgIpc) is 2.68. The predicted molar refractivity (Wildman–Crippen MR) is 113 cm³/mol. The zero-order valence-electron chi connectivity index (χ0n) is 17.1. The molecule has 0 aromatic heterocycles. The van der Waals surface area contributed by atoms with Crippen molar-refractivity contribution in [2.75, 3.05) is 0 Å². The van der Waals surface area contributed by atoms with Gasteiger partial charge in [0.1, 0.15) is 0 Å². The molecule has 1 atom stereocenters. The van der Waals surface area contributed by atoms with Crippen LogP contribution in [-0.4, -0.2) is 22.3 Å². The van der Waals surface area contributed by atoms with Crippen LogP contribution in [0.25, 0.3) is 0 Å². The number of aliphatic hydroxyl groups excluding tert-OH is 1. The molecule has 0 aliphatic rings. The molecule has 2 N–H and O–H groups in total. The van der Waals surface area contributed by atoms with Crippen LogP contribution in [0.2, 0.25) is 0 Å². The molecule has 154 valence electrons. The van der Waals surface area contributed by atoms with Gasteiger partial charge in [0.25, 0.3) is 0 Å². The Kier molecular flexibility index (Phi) is 14.7. The maximum atomic E-state index is 10.5. The van der Waals surface area contributed by atoms with E-state index in [0.717, 1.165) is 19.3 Å². The molecule has 0 saturated carbocycles. The maximum absolute atomic E-state index is 10.5. The molecular weight excluding hydrogens is 336 g/mol. The standard InChI is InChI=1S/C24H40O3/c25-23(24(26)27)21-17-12-10-8-6-4-2-1-3-5-7-9-11-14-18-22-19-15-13-16-20-22/h13,15-16,19-20,23,25H,1-12,14,17-18,21H2,(H,26,27). The van der Waals surface area contributed by atoms with Gasteiger partial charge in [-0.25, -0.2) is 4.79 Å². The Morgan fingerprint density at radius 2 is 1.07 bits per heavy atom. The third-order valence-electron chi connectivity index (χ3n) is 5.32. The smallest absolute Gasteiger partial charge is 0.332 e. The van der Waals surface area contributed by atoms with Crippen molar-refractivity contribution in [2.24, 2.45) is 0 Å². The van der Waals surface area contributed by atoms with Crippen molar-refractivity contribution >= 4 is 5.97 Å². The molecule has 0 saturated heterocycles. The first-order chi connectivity index (χ1) is 13.2. The number of rotatable bonds is 18. The topological polar surface area (TPSA) is 57.5 Å². The third-order valence-corrected chi connectivity index (χ3v) is 5.32. The number of hydrogen-bond acceptors (Lipinski definition) is 2. The summed E-state index contributed by atoms with van der Waals surface area (Å²) >= 11 is 0.